The molecule has 0 saturated carbocycles. The van der Waals surface area contributed by atoms with Crippen molar-refractivity contribution in [1.82, 2.24) is 9.78 Å². The first-order valence-electron chi connectivity index (χ1n) is 8.21. The monoisotopic (exact) mass is 395 g/mol. The van der Waals surface area contributed by atoms with Crippen LogP contribution in [0.4, 0.5) is 27.6 Å². The zero-order valence-corrected chi connectivity index (χ0v) is 14.5. The van der Waals surface area contributed by atoms with Crippen molar-refractivity contribution in [3.63, 3.8) is 0 Å². The van der Waals surface area contributed by atoms with E-state index in [-0.39, 0.29) is 29.1 Å². The highest BCUT2D eigenvalue weighted by Gasteiger charge is 2.35. The molecule has 0 atom stereocenters. The molecule has 9 heteroatoms. The van der Waals surface area contributed by atoms with Crippen molar-refractivity contribution < 1.29 is 26.7 Å². The topological polar surface area (TPSA) is 46.9 Å². The van der Waals surface area contributed by atoms with Crippen molar-refractivity contribution >= 4 is 11.6 Å². The van der Waals surface area contributed by atoms with Gasteiger partial charge in [-0.25, -0.2) is 8.78 Å². The number of benzene rings is 2. The molecule has 0 aliphatic rings. The summed E-state index contributed by atoms with van der Waals surface area (Å²) in [4.78, 5) is 12.1. The van der Waals surface area contributed by atoms with Crippen molar-refractivity contribution in [2.24, 2.45) is 0 Å². The molecule has 146 valence electrons. The molecule has 3 aromatic rings. The number of alkyl halides is 3. The molecule has 1 N–H and O–H groups in total. The van der Waals surface area contributed by atoms with Gasteiger partial charge >= 0.3 is 6.18 Å². The smallest absolute Gasteiger partial charge is 0.322 e. The Kier molecular flexibility index (Phi) is 5.17. The van der Waals surface area contributed by atoms with E-state index in [1.165, 1.54) is 30.3 Å². The van der Waals surface area contributed by atoms with Gasteiger partial charge in [0.15, 0.2) is 5.69 Å². The number of rotatable bonds is 4. The Hall–Kier alpha value is -3.23. The molecule has 0 radical (unpaired) electrons. The minimum Gasteiger partial charge on any atom is -0.322 e. The van der Waals surface area contributed by atoms with E-state index in [0.717, 1.165) is 22.9 Å². The molecule has 0 unspecified atom stereocenters. The summed E-state index contributed by atoms with van der Waals surface area (Å²) in [7, 11) is 0. The maximum atomic E-state index is 14.5. The van der Waals surface area contributed by atoms with Crippen LogP contribution in [0.25, 0.3) is 11.3 Å². The van der Waals surface area contributed by atoms with E-state index in [0.29, 0.717) is 0 Å². The lowest BCUT2D eigenvalue weighted by Crippen LogP contribution is -2.13. The Labute approximate surface area is 156 Å². The Morgan fingerprint density at radius 2 is 1.79 bits per heavy atom. The average molecular weight is 395 g/mol. The number of aryl methyl sites for hydroxylation is 1. The number of aromatic nitrogens is 2. The standard InChI is InChI=1S/C19H14F5N3O/c1-2-27-16(10-17(26-27)19(22,23)24)12-8-7-11(9-15(12)21)25-18(28)13-5-3-4-6-14(13)20/h3-10H,2H2,1H3,(H,25,28). The van der Waals surface area contributed by atoms with E-state index in [4.69, 9.17) is 0 Å². The fourth-order valence-electron chi connectivity index (χ4n) is 2.66. The number of hydrogen-bond donors (Lipinski definition) is 1. The molecule has 0 aliphatic carbocycles. The largest absolute Gasteiger partial charge is 0.435 e. The van der Waals surface area contributed by atoms with Crippen LogP contribution in [-0.4, -0.2) is 15.7 Å². The molecule has 3 rings (SSSR count). The zero-order valence-electron chi connectivity index (χ0n) is 14.5. The van der Waals surface area contributed by atoms with Gasteiger partial charge in [0.1, 0.15) is 11.6 Å². The number of hydrogen-bond acceptors (Lipinski definition) is 2. The molecule has 0 saturated heterocycles. The third-order valence-electron chi connectivity index (χ3n) is 3.99. The average Bonchev–Trinajstić information content (AvgIpc) is 3.06. The molecule has 1 heterocycles. The third-order valence-corrected chi connectivity index (χ3v) is 3.99. The number of anilines is 1. The SMILES string of the molecule is CCn1nc(C(F)(F)F)cc1-c1ccc(NC(=O)c2ccccc2F)cc1F. The maximum Gasteiger partial charge on any atom is 0.435 e. The number of amides is 1. The summed E-state index contributed by atoms with van der Waals surface area (Å²) >= 11 is 0. The highest BCUT2D eigenvalue weighted by molar-refractivity contribution is 6.04. The second-order valence-corrected chi connectivity index (χ2v) is 5.86. The van der Waals surface area contributed by atoms with E-state index in [2.05, 4.69) is 10.4 Å². The summed E-state index contributed by atoms with van der Waals surface area (Å²) < 4.78 is 67.9. The first kappa shape index (κ1) is 19.5. The molecular weight excluding hydrogens is 381 g/mol. The number of carbonyl (C=O) groups is 1. The van der Waals surface area contributed by atoms with Crippen molar-refractivity contribution in [3.05, 3.63) is 71.4 Å². The van der Waals surface area contributed by atoms with Gasteiger partial charge in [-0.05, 0) is 43.3 Å². The quantitative estimate of drug-likeness (QED) is 0.624. The second-order valence-electron chi connectivity index (χ2n) is 5.86. The molecule has 0 fully saturated rings. The number of halogens is 5. The van der Waals surface area contributed by atoms with Crippen molar-refractivity contribution in [2.45, 2.75) is 19.6 Å². The Morgan fingerprint density at radius 1 is 1.07 bits per heavy atom. The van der Waals surface area contributed by atoms with Gasteiger partial charge < -0.3 is 5.32 Å². The third kappa shape index (κ3) is 3.88. The molecular formula is C19H14F5N3O. The Morgan fingerprint density at radius 3 is 2.39 bits per heavy atom. The van der Waals surface area contributed by atoms with Crippen LogP contribution in [0.15, 0.2) is 48.5 Å². The lowest BCUT2D eigenvalue weighted by atomic mass is 10.1. The lowest BCUT2D eigenvalue weighted by molar-refractivity contribution is -0.141. The summed E-state index contributed by atoms with van der Waals surface area (Å²) in [6.45, 7) is 1.69. The van der Waals surface area contributed by atoms with E-state index in [9.17, 15) is 26.7 Å². The van der Waals surface area contributed by atoms with Crippen LogP contribution in [0.3, 0.4) is 0 Å². The number of nitrogens with zero attached hydrogens (tertiary/aromatic N) is 2. The molecule has 1 amide bonds. The van der Waals surface area contributed by atoms with Gasteiger partial charge in [0.05, 0.1) is 11.3 Å². The minimum absolute atomic E-state index is 0.0353. The predicted molar refractivity (Wildman–Crippen MR) is 92.7 cm³/mol. The fraction of sp³-hybridized carbons (Fsp3) is 0.158. The van der Waals surface area contributed by atoms with Gasteiger partial charge in [-0.15, -0.1) is 0 Å². The summed E-state index contributed by atoms with van der Waals surface area (Å²) in [5.41, 5.74) is -1.45. The number of nitrogens with one attached hydrogen (secondary N) is 1. The van der Waals surface area contributed by atoms with Crippen LogP contribution in [-0.2, 0) is 12.7 Å². The van der Waals surface area contributed by atoms with E-state index < -0.39 is 29.4 Å². The summed E-state index contributed by atoms with van der Waals surface area (Å²) in [6, 6.07) is 9.55. The lowest BCUT2D eigenvalue weighted by Gasteiger charge is -2.09. The van der Waals surface area contributed by atoms with E-state index >= 15 is 0 Å². The summed E-state index contributed by atoms with van der Waals surface area (Å²) in [5, 5.41) is 5.81. The maximum absolute atomic E-state index is 14.5. The Balaban J connectivity index is 1.90. The van der Waals surface area contributed by atoms with Gasteiger partial charge in [-0.2, -0.15) is 18.3 Å². The van der Waals surface area contributed by atoms with E-state index in [1.54, 1.807) is 6.92 Å². The van der Waals surface area contributed by atoms with Crippen LogP contribution in [0.2, 0.25) is 0 Å². The first-order chi connectivity index (χ1) is 13.2. The van der Waals surface area contributed by atoms with Crippen molar-refractivity contribution in [1.29, 1.82) is 0 Å². The highest BCUT2D eigenvalue weighted by Crippen LogP contribution is 2.33. The van der Waals surface area contributed by atoms with Crippen LogP contribution in [0, 0.1) is 11.6 Å². The minimum atomic E-state index is -4.65. The van der Waals surface area contributed by atoms with Crippen LogP contribution in [0.5, 0.6) is 0 Å². The van der Waals surface area contributed by atoms with Crippen molar-refractivity contribution in [2.75, 3.05) is 5.32 Å². The number of carbonyl (C=O) groups excluding carboxylic acids is 1. The van der Waals surface area contributed by atoms with Gasteiger partial charge in [-0.3, -0.25) is 9.48 Å². The summed E-state index contributed by atoms with van der Waals surface area (Å²) in [6.07, 6.45) is -4.65. The molecule has 2 aromatic carbocycles. The molecule has 28 heavy (non-hydrogen) atoms. The second kappa shape index (κ2) is 7.41. The zero-order chi connectivity index (χ0) is 20.5. The first-order valence-corrected chi connectivity index (χ1v) is 8.21. The van der Waals surface area contributed by atoms with Crippen LogP contribution >= 0.6 is 0 Å². The predicted octanol–water partition coefficient (Wildman–Crippen LogP) is 5.12. The van der Waals surface area contributed by atoms with Crippen LogP contribution in [0.1, 0.15) is 23.0 Å². The molecule has 4 nitrogen and oxygen atoms in total. The molecule has 0 aliphatic heterocycles. The normalized spacial score (nSPS) is 11.5. The molecule has 0 spiro atoms. The van der Waals surface area contributed by atoms with E-state index in [1.807, 2.05) is 0 Å². The fourth-order valence-corrected chi connectivity index (χ4v) is 2.66. The Bertz CT molecular complexity index is 1030. The van der Waals surface area contributed by atoms with Gasteiger partial charge in [0.25, 0.3) is 5.91 Å². The van der Waals surface area contributed by atoms with Gasteiger partial charge in [0.2, 0.25) is 0 Å². The van der Waals surface area contributed by atoms with Gasteiger partial charge in [-0.1, -0.05) is 12.1 Å². The molecule has 0 bridgehead atoms. The molecule has 1 aromatic heterocycles. The van der Waals surface area contributed by atoms with Crippen molar-refractivity contribution in [3.8, 4) is 11.3 Å². The summed E-state index contributed by atoms with van der Waals surface area (Å²) in [5.74, 6) is -2.36. The van der Waals surface area contributed by atoms with Crippen LogP contribution < -0.4 is 5.32 Å². The van der Waals surface area contributed by atoms with Gasteiger partial charge in [0, 0.05) is 17.8 Å². The highest BCUT2D eigenvalue weighted by atomic mass is 19.4.